The van der Waals surface area contributed by atoms with Crippen molar-refractivity contribution in [3.05, 3.63) is 35.4 Å². The number of methoxy groups -OCH3 is 2. The smallest absolute Gasteiger partial charge is 0.335 e. The van der Waals surface area contributed by atoms with E-state index in [1.165, 1.54) is 77.0 Å². The van der Waals surface area contributed by atoms with Crippen molar-refractivity contribution in [2.45, 2.75) is 90.9 Å². The third-order valence-electron chi connectivity index (χ3n) is 6.82. The Hall–Kier alpha value is -3.42. The number of hydrogen-bond donors (Lipinski definition) is 2. The lowest BCUT2D eigenvalue weighted by molar-refractivity contribution is 0.0685. The molecule has 0 atom stereocenters. The van der Waals surface area contributed by atoms with E-state index in [4.69, 9.17) is 18.9 Å². The van der Waals surface area contributed by atoms with E-state index in [2.05, 4.69) is 13.8 Å². The van der Waals surface area contributed by atoms with Crippen LogP contribution in [-0.4, -0.2) is 49.6 Å². The molecule has 40 heavy (non-hydrogen) atoms. The Morgan fingerprint density at radius 3 is 1.25 bits per heavy atom. The van der Waals surface area contributed by atoms with Crippen LogP contribution < -0.4 is 18.9 Å². The molecule has 8 heteroatoms. The molecule has 0 aromatic heterocycles. The first-order chi connectivity index (χ1) is 19.4. The van der Waals surface area contributed by atoms with Gasteiger partial charge in [0.25, 0.3) is 0 Å². The first kappa shape index (κ1) is 32.8. The molecule has 8 nitrogen and oxygen atoms in total. The number of unbranched alkanes of at least 4 members (excludes halogenated alkanes) is 10. The van der Waals surface area contributed by atoms with Crippen LogP contribution in [0.25, 0.3) is 11.1 Å². The lowest BCUT2D eigenvalue weighted by atomic mass is 9.97. The van der Waals surface area contributed by atoms with Crippen molar-refractivity contribution in [1.29, 1.82) is 0 Å². The first-order valence-corrected chi connectivity index (χ1v) is 14.5. The third-order valence-corrected chi connectivity index (χ3v) is 6.82. The maximum absolute atomic E-state index is 12.0. The quantitative estimate of drug-likeness (QED) is 0.147. The van der Waals surface area contributed by atoms with E-state index in [1.54, 1.807) is 0 Å². The number of rotatable bonds is 21. The van der Waals surface area contributed by atoms with Gasteiger partial charge in [0, 0.05) is 11.1 Å². The summed E-state index contributed by atoms with van der Waals surface area (Å²) in [5.74, 6) is -1.09. The number of carboxylic acid groups (broad SMARTS) is 2. The fourth-order valence-electron chi connectivity index (χ4n) is 4.57. The molecule has 0 heterocycles. The van der Waals surface area contributed by atoms with E-state index < -0.39 is 11.9 Å². The van der Waals surface area contributed by atoms with Crippen molar-refractivity contribution in [2.75, 3.05) is 27.4 Å². The van der Waals surface area contributed by atoms with Crippen LogP contribution in [0.2, 0.25) is 0 Å². The fourth-order valence-corrected chi connectivity index (χ4v) is 4.57. The largest absolute Gasteiger partial charge is 0.493 e. The van der Waals surface area contributed by atoms with Crippen molar-refractivity contribution < 1.29 is 38.7 Å². The standard InChI is InChI=1S/C32H46O8/c1-5-7-9-11-13-15-17-39-29-25(19-23(31(33)34)21-27(29)37-3)26-20-24(32(35)36)22-28(38-4)30(26)40-18-16-14-12-10-8-6-2/h19-22H,5-18H2,1-4H3,(H,33,34)(H,35,36). The van der Waals surface area contributed by atoms with Crippen molar-refractivity contribution in [1.82, 2.24) is 0 Å². The zero-order valence-electron chi connectivity index (χ0n) is 24.6. The number of ether oxygens (including phenoxy) is 4. The van der Waals surface area contributed by atoms with Crippen molar-refractivity contribution in [3.63, 3.8) is 0 Å². The Kier molecular flexibility index (Phi) is 14.8. The zero-order valence-corrected chi connectivity index (χ0v) is 24.6. The molecule has 0 bridgehead atoms. The summed E-state index contributed by atoms with van der Waals surface area (Å²) >= 11 is 0. The summed E-state index contributed by atoms with van der Waals surface area (Å²) in [4.78, 5) is 24.0. The van der Waals surface area contributed by atoms with E-state index in [1.807, 2.05) is 0 Å². The summed E-state index contributed by atoms with van der Waals surface area (Å²) in [6.45, 7) is 5.17. The van der Waals surface area contributed by atoms with Gasteiger partial charge in [-0.15, -0.1) is 0 Å². The highest BCUT2D eigenvalue weighted by molar-refractivity contribution is 5.96. The van der Waals surface area contributed by atoms with E-state index in [0.29, 0.717) is 35.8 Å². The van der Waals surface area contributed by atoms with Crippen molar-refractivity contribution in [2.24, 2.45) is 0 Å². The van der Waals surface area contributed by atoms with Crippen LogP contribution in [0.5, 0.6) is 23.0 Å². The Bertz CT molecular complexity index is 994. The van der Waals surface area contributed by atoms with Gasteiger partial charge in [-0.05, 0) is 37.1 Å². The summed E-state index contributed by atoms with van der Waals surface area (Å²) in [6.07, 6.45) is 13.0. The van der Waals surface area contributed by atoms with Crippen LogP contribution in [-0.2, 0) is 0 Å². The Labute approximate surface area is 238 Å². The Morgan fingerprint density at radius 1 is 0.575 bits per heavy atom. The van der Waals surface area contributed by atoms with Gasteiger partial charge < -0.3 is 29.2 Å². The molecule has 0 unspecified atom stereocenters. The third kappa shape index (κ3) is 9.96. The number of carboxylic acids is 2. The number of benzene rings is 2. The fraction of sp³-hybridized carbons (Fsp3) is 0.562. The molecular weight excluding hydrogens is 512 g/mol. The first-order valence-electron chi connectivity index (χ1n) is 14.5. The van der Waals surface area contributed by atoms with Gasteiger partial charge >= 0.3 is 11.9 Å². The van der Waals surface area contributed by atoms with Gasteiger partial charge in [-0.2, -0.15) is 0 Å². The predicted octanol–water partition coefficient (Wildman–Crippen LogP) is 8.25. The highest BCUT2D eigenvalue weighted by Gasteiger charge is 2.24. The van der Waals surface area contributed by atoms with Crippen LogP contribution in [0.4, 0.5) is 0 Å². The molecule has 0 amide bonds. The number of carbonyl (C=O) groups is 2. The molecule has 0 aliphatic rings. The molecule has 0 radical (unpaired) electrons. The summed E-state index contributed by atoms with van der Waals surface area (Å²) < 4.78 is 23.5. The van der Waals surface area contributed by atoms with E-state index in [-0.39, 0.29) is 22.6 Å². The van der Waals surface area contributed by atoms with Gasteiger partial charge in [0.05, 0.1) is 38.6 Å². The molecule has 222 valence electrons. The highest BCUT2D eigenvalue weighted by Crippen LogP contribution is 2.47. The Morgan fingerprint density at radius 2 is 0.925 bits per heavy atom. The molecule has 0 saturated carbocycles. The van der Waals surface area contributed by atoms with E-state index in [9.17, 15) is 19.8 Å². The predicted molar refractivity (Wildman–Crippen MR) is 157 cm³/mol. The van der Waals surface area contributed by atoms with Crippen molar-refractivity contribution in [3.8, 4) is 34.1 Å². The molecule has 0 saturated heterocycles. The number of hydrogen-bond acceptors (Lipinski definition) is 6. The van der Waals surface area contributed by atoms with Crippen LogP contribution in [0.3, 0.4) is 0 Å². The van der Waals surface area contributed by atoms with Crippen molar-refractivity contribution >= 4 is 11.9 Å². The summed E-state index contributed by atoms with van der Waals surface area (Å²) in [5, 5.41) is 19.6. The van der Waals surface area contributed by atoms with Gasteiger partial charge in [-0.25, -0.2) is 9.59 Å². The summed E-state index contributed by atoms with van der Waals surface area (Å²) in [6, 6.07) is 5.77. The average molecular weight is 559 g/mol. The second-order valence-corrected chi connectivity index (χ2v) is 9.95. The monoisotopic (exact) mass is 558 g/mol. The molecule has 0 fully saturated rings. The molecule has 2 N–H and O–H groups in total. The molecule has 0 aliphatic heterocycles. The van der Waals surface area contributed by atoms with Crippen LogP contribution in [0.1, 0.15) is 112 Å². The van der Waals surface area contributed by atoms with Gasteiger partial charge in [0.2, 0.25) is 0 Å². The summed E-state index contributed by atoms with van der Waals surface area (Å²) in [7, 11) is 2.90. The van der Waals surface area contributed by atoms with E-state index >= 15 is 0 Å². The van der Waals surface area contributed by atoms with Crippen LogP contribution in [0.15, 0.2) is 24.3 Å². The van der Waals surface area contributed by atoms with Crippen LogP contribution in [0, 0.1) is 0 Å². The molecule has 0 aliphatic carbocycles. The molecule has 2 aromatic rings. The summed E-state index contributed by atoms with van der Waals surface area (Å²) in [5.41, 5.74) is 0.727. The average Bonchev–Trinajstić information content (AvgIpc) is 2.95. The Balaban J connectivity index is 2.49. The molecule has 2 aromatic carbocycles. The lowest BCUT2D eigenvalue weighted by Gasteiger charge is -2.21. The number of aromatic carboxylic acids is 2. The molecular formula is C32H46O8. The molecule has 2 rings (SSSR count). The minimum absolute atomic E-state index is 0.0136. The second kappa shape index (κ2) is 18.0. The zero-order chi connectivity index (χ0) is 29.3. The van der Waals surface area contributed by atoms with E-state index in [0.717, 1.165) is 38.5 Å². The van der Waals surface area contributed by atoms with Crippen LogP contribution >= 0.6 is 0 Å². The molecule has 0 spiro atoms. The maximum atomic E-state index is 12.0. The topological polar surface area (TPSA) is 112 Å². The van der Waals surface area contributed by atoms with Gasteiger partial charge in [-0.3, -0.25) is 0 Å². The van der Waals surface area contributed by atoms with Gasteiger partial charge in [0.1, 0.15) is 0 Å². The lowest BCUT2D eigenvalue weighted by Crippen LogP contribution is -2.07. The highest BCUT2D eigenvalue weighted by atomic mass is 16.5. The minimum atomic E-state index is -1.14. The SMILES string of the molecule is CCCCCCCCOc1c(OC)cc(C(=O)O)cc1-c1cc(C(=O)O)cc(OC)c1OCCCCCCCC. The normalized spacial score (nSPS) is 10.8. The minimum Gasteiger partial charge on any atom is -0.493 e. The maximum Gasteiger partial charge on any atom is 0.335 e. The second-order valence-electron chi connectivity index (χ2n) is 9.95. The van der Waals surface area contributed by atoms with Gasteiger partial charge in [-0.1, -0.05) is 78.1 Å². The van der Waals surface area contributed by atoms with Gasteiger partial charge in [0.15, 0.2) is 23.0 Å².